The van der Waals surface area contributed by atoms with Crippen molar-refractivity contribution in [3.8, 4) is 22.6 Å². The Morgan fingerprint density at radius 3 is 2.83 bits per heavy atom. The molecular formula is C31H35N9O. The lowest BCUT2D eigenvalue weighted by atomic mass is 9.96. The molecule has 6 rings (SSSR count). The molecule has 1 amide bonds. The van der Waals surface area contributed by atoms with Crippen molar-refractivity contribution in [3.63, 3.8) is 0 Å². The Kier molecular flexibility index (Phi) is 7.82. The number of aromatic amines is 2. The standard InChI is InChI=1S/C31H35N9O/c1-3-32-16-23-17-33-18-25(20(23)2)22-7-8-26-24(15-22)29(39-38-26)30-36-19-27(37-30)31(41)40-12-4-6-21(9-13-40)14-28-34-10-5-11-35-28/h5,7-8,10-11,15,17-19,21,32H,3-4,6,9,12-14,16H2,1-2H3,(H,36,37)(H,38,39). The molecular weight excluding hydrogens is 514 g/mol. The smallest absolute Gasteiger partial charge is 0.271 e. The molecule has 1 aliphatic heterocycles. The fraction of sp³-hybridized carbons (Fsp3) is 0.355. The van der Waals surface area contributed by atoms with Crippen LogP contribution in [0.15, 0.2) is 55.2 Å². The van der Waals surface area contributed by atoms with Crippen molar-refractivity contribution in [2.75, 3.05) is 19.6 Å². The minimum atomic E-state index is -0.0277. The van der Waals surface area contributed by atoms with Gasteiger partial charge in [-0.2, -0.15) is 5.10 Å². The van der Waals surface area contributed by atoms with E-state index in [2.05, 4.69) is 66.4 Å². The van der Waals surface area contributed by atoms with Crippen LogP contribution in [0.4, 0.5) is 0 Å². The number of hydrogen-bond acceptors (Lipinski definition) is 7. The molecule has 1 aromatic carbocycles. The lowest BCUT2D eigenvalue weighted by molar-refractivity contribution is 0.0754. The van der Waals surface area contributed by atoms with Gasteiger partial charge >= 0.3 is 0 Å². The number of likely N-dealkylation sites (tertiary alicyclic amines) is 1. The first kappa shape index (κ1) is 26.8. The summed E-state index contributed by atoms with van der Waals surface area (Å²) in [5.74, 6) is 1.89. The largest absolute Gasteiger partial charge is 0.337 e. The van der Waals surface area contributed by atoms with Gasteiger partial charge in [-0.15, -0.1) is 0 Å². The fourth-order valence-corrected chi connectivity index (χ4v) is 5.65. The highest BCUT2D eigenvalue weighted by atomic mass is 16.2. The van der Waals surface area contributed by atoms with Crippen LogP contribution in [-0.4, -0.2) is 65.6 Å². The topological polar surface area (TPSA) is 128 Å². The van der Waals surface area contributed by atoms with E-state index in [1.165, 1.54) is 11.1 Å². The molecule has 210 valence electrons. The number of H-pyrrole nitrogens is 2. The highest BCUT2D eigenvalue weighted by molar-refractivity contribution is 5.96. The van der Waals surface area contributed by atoms with Crippen LogP contribution in [0.3, 0.4) is 0 Å². The van der Waals surface area contributed by atoms with E-state index in [-0.39, 0.29) is 5.91 Å². The molecule has 0 saturated carbocycles. The molecule has 1 unspecified atom stereocenters. The third-order valence-electron chi connectivity index (χ3n) is 8.01. The summed E-state index contributed by atoms with van der Waals surface area (Å²) in [7, 11) is 0. The molecule has 5 aromatic rings. The Balaban J connectivity index is 1.20. The van der Waals surface area contributed by atoms with Gasteiger partial charge in [0.15, 0.2) is 5.82 Å². The number of pyridine rings is 1. The van der Waals surface area contributed by atoms with Gasteiger partial charge in [0.2, 0.25) is 0 Å². The van der Waals surface area contributed by atoms with E-state index in [0.717, 1.165) is 73.2 Å². The number of fused-ring (bicyclic) bond motifs is 1. The summed E-state index contributed by atoms with van der Waals surface area (Å²) in [5, 5.41) is 12.0. The van der Waals surface area contributed by atoms with Crippen LogP contribution in [0, 0.1) is 12.8 Å². The minimum Gasteiger partial charge on any atom is -0.337 e. The van der Waals surface area contributed by atoms with Crippen molar-refractivity contribution in [3.05, 3.63) is 77.9 Å². The number of carbonyl (C=O) groups is 1. The zero-order chi connectivity index (χ0) is 28.2. The van der Waals surface area contributed by atoms with E-state index in [4.69, 9.17) is 0 Å². The summed E-state index contributed by atoms with van der Waals surface area (Å²) in [6.45, 7) is 7.36. The predicted molar refractivity (Wildman–Crippen MR) is 158 cm³/mol. The molecule has 0 bridgehead atoms. The number of aromatic nitrogens is 7. The summed E-state index contributed by atoms with van der Waals surface area (Å²) in [6.07, 6.45) is 12.8. The van der Waals surface area contributed by atoms with Crippen LogP contribution in [0.5, 0.6) is 0 Å². The molecule has 1 fully saturated rings. The summed E-state index contributed by atoms with van der Waals surface area (Å²) >= 11 is 0. The van der Waals surface area contributed by atoms with Crippen molar-refractivity contribution in [1.29, 1.82) is 0 Å². The second-order valence-corrected chi connectivity index (χ2v) is 10.7. The number of carbonyl (C=O) groups excluding carboxylic acids is 1. The molecule has 41 heavy (non-hydrogen) atoms. The summed E-state index contributed by atoms with van der Waals surface area (Å²) in [4.78, 5) is 36.4. The van der Waals surface area contributed by atoms with Crippen LogP contribution in [0.25, 0.3) is 33.5 Å². The molecule has 1 aliphatic rings. The lowest BCUT2D eigenvalue weighted by Gasteiger charge is -2.19. The van der Waals surface area contributed by atoms with E-state index in [1.54, 1.807) is 18.6 Å². The van der Waals surface area contributed by atoms with E-state index >= 15 is 0 Å². The van der Waals surface area contributed by atoms with Crippen molar-refractivity contribution in [1.82, 2.24) is 45.3 Å². The zero-order valence-electron chi connectivity index (χ0n) is 23.5. The van der Waals surface area contributed by atoms with Crippen LogP contribution in [0.2, 0.25) is 0 Å². The van der Waals surface area contributed by atoms with Crippen molar-refractivity contribution < 1.29 is 4.79 Å². The number of benzene rings is 1. The fourth-order valence-electron chi connectivity index (χ4n) is 5.65. The summed E-state index contributed by atoms with van der Waals surface area (Å²) < 4.78 is 0. The van der Waals surface area contributed by atoms with Gasteiger partial charge in [-0.05, 0) is 73.5 Å². The van der Waals surface area contributed by atoms with Gasteiger partial charge in [-0.25, -0.2) is 15.0 Å². The van der Waals surface area contributed by atoms with Gasteiger partial charge in [0.25, 0.3) is 5.91 Å². The van der Waals surface area contributed by atoms with E-state index in [0.29, 0.717) is 29.7 Å². The molecule has 4 aromatic heterocycles. The van der Waals surface area contributed by atoms with E-state index < -0.39 is 0 Å². The molecule has 10 heteroatoms. The van der Waals surface area contributed by atoms with Crippen molar-refractivity contribution in [2.45, 2.75) is 46.1 Å². The highest BCUT2D eigenvalue weighted by Gasteiger charge is 2.24. The second-order valence-electron chi connectivity index (χ2n) is 10.7. The van der Waals surface area contributed by atoms with Gasteiger partial charge in [-0.1, -0.05) is 13.0 Å². The maximum Gasteiger partial charge on any atom is 0.271 e. The number of amides is 1. The number of rotatable bonds is 8. The van der Waals surface area contributed by atoms with Gasteiger partial charge in [0.1, 0.15) is 17.2 Å². The molecule has 0 radical (unpaired) electrons. The van der Waals surface area contributed by atoms with Crippen molar-refractivity contribution >= 4 is 16.8 Å². The maximum atomic E-state index is 13.4. The molecule has 1 saturated heterocycles. The summed E-state index contributed by atoms with van der Waals surface area (Å²) in [5.41, 5.74) is 6.60. The molecule has 10 nitrogen and oxygen atoms in total. The van der Waals surface area contributed by atoms with Crippen LogP contribution >= 0.6 is 0 Å². The Labute approximate surface area is 239 Å². The monoisotopic (exact) mass is 549 g/mol. The third kappa shape index (κ3) is 5.74. The highest BCUT2D eigenvalue weighted by Crippen LogP contribution is 2.31. The Morgan fingerprint density at radius 1 is 1.10 bits per heavy atom. The number of imidazole rings is 1. The summed E-state index contributed by atoms with van der Waals surface area (Å²) in [6, 6.07) is 8.06. The quantitative estimate of drug-likeness (QED) is 0.256. The van der Waals surface area contributed by atoms with E-state index in [1.807, 2.05) is 29.4 Å². The average Bonchev–Trinajstić information content (AvgIpc) is 3.59. The van der Waals surface area contributed by atoms with Gasteiger partial charge in [0, 0.05) is 61.8 Å². The minimum absolute atomic E-state index is 0.0277. The molecule has 5 heterocycles. The van der Waals surface area contributed by atoms with Crippen LogP contribution in [-0.2, 0) is 13.0 Å². The Morgan fingerprint density at radius 2 is 1.98 bits per heavy atom. The Bertz CT molecular complexity index is 1640. The van der Waals surface area contributed by atoms with Gasteiger partial charge in [0.05, 0.1) is 11.7 Å². The van der Waals surface area contributed by atoms with Crippen LogP contribution < -0.4 is 5.32 Å². The van der Waals surface area contributed by atoms with Crippen LogP contribution in [0.1, 0.15) is 53.6 Å². The predicted octanol–water partition coefficient (Wildman–Crippen LogP) is 4.71. The first-order valence-corrected chi connectivity index (χ1v) is 14.3. The SMILES string of the molecule is CCNCc1cncc(-c2ccc3[nH]nc(-c4ncc(C(=O)N5CCCC(Cc6ncccn6)CC5)[nH]4)c3c2)c1C. The molecule has 0 spiro atoms. The first-order valence-electron chi connectivity index (χ1n) is 14.3. The first-order chi connectivity index (χ1) is 20.1. The Hall–Kier alpha value is -4.44. The third-order valence-corrected chi connectivity index (χ3v) is 8.01. The van der Waals surface area contributed by atoms with Gasteiger partial charge in [-0.3, -0.25) is 14.9 Å². The average molecular weight is 550 g/mol. The number of nitrogens with one attached hydrogen (secondary N) is 3. The second kappa shape index (κ2) is 12.0. The van der Waals surface area contributed by atoms with Crippen molar-refractivity contribution in [2.24, 2.45) is 5.92 Å². The van der Waals surface area contributed by atoms with Gasteiger partial charge < -0.3 is 15.2 Å². The normalized spacial score (nSPS) is 15.8. The zero-order valence-corrected chi connectivity index (χ0v) is 23.5. The molecule has 3 N–H and O–H groups in total. The molecule has 1 atom stereocenters. The maximum absolute atomic E-state index is 13.4. The number of nitrogens with zero attached hydrogens (tertiary/aromatic N) is 6. The molecule has 0 aliphatic carbocycles. The number of hydrogen-bond donors (Lipinski definition) is 3. The van der Waals surface area contributed by atoms with E-state index in [9.17, 15) is 4.79 Å². The lowest BCUT2D eigenvalue weighted by Crippen LogP contribution is -2.32.